The lowest BCUT2D eigenvalue weighted by atomic mass is 10.1. The Hall–Kier alpha value is -2.80. The van der Waals surface area contributed by atoms with Gasteiger partial charge in [-0.25, -0.2) is 4.98 Å². The number of Topliss-reactive ketones (excluding diaryl/α,β-unsaturated/α-hetero) is 2. The maximum Gasteiger partial charge on any atom is 0.284 e. The van der Waals surface area contributed by atoms with Gasteiger partial charge in [-0.1, -0.05) is 29.8 Å². The number of H-pyrrole nitrogens is 1. The lowest BCUT2D eigenvalue weighted by molar-refractivity contribution is -0.116. The fraction of sp³-hybridized carbons (Fsp3) is 0.222. The summed E-state index contributed by atoms with van der Waals surface area (Å²) in [6.07, 6.45) is -0.277. The van der Waals surface area contributed by atoms with E-state index in [1.165, 1.54) is 22.9 Å². The molecule has 0 atom stereocenters. The Bertz CT molecular complexity index is 1010. The van der Waals surface area contributed by atoms with Crippen LogP contribution < -0.4 is 5.56 Å². The van der Waals surface area contributed by atoms with Gasteiger partial charge in [0.05, 0.1) is 12.1 Å². The monoisotopic (exact) mass is 355 g/mol. The molecular formula is C18H17N3O3S. The Labute approximate surface area is 148 Å². The Kier molecular flexibility index (Phi) is 4.50. The number of thiazole rings is 1. The van der Waals surface area contributed by atoms with Gasteiger partial charge in [0.1, 0.15) is 11.3 Å². The molecule has 3 aromatic rings. The van der Waals surface area contributed by atoms with Gasteiger partial charge in [0.2, 0.25) is 5.13 Å². The second-order valence-corrected chi connectivity index (χ2v) is 6.77. The van der Waals surface area contributed by atoms with Crippen LogP contribution in [-0.2, 0) is 4.79 Å². The lowest BCUT2D eigenvalue weighted by Gasteiger charge is -1.97. The van der Waals surface area contributed by atoms with Crippen molar-refractivity contribution in [2.45, 2.75) is 27.2 Å². The highest BCUT2D eigenvalue weighted by atomic mass is 32.1. The second-order valence-electron chi connectivity index (χ2n) is 5.94. The molecule has 0 saturated heterocycles. The molecule has 25 heavy (non-hydrogen) atoms. The van der Waals surface area contributed by atoms with Gasteiger partial charge < -0.3 is 0 Å². The minimum Gasteiger partial charge on any atom is -0.300 e. The molecule has 7 heteroatoms. The van der Waals surface area contributed by atoms with Gasteiger partial charge in [0.25, 0.3) is 5.56 Å². The van der Waals surface area contributed by atoms with Crippen LogP contribution in [0.4, 0.5) is 0 Å². The van der Waals surface area contributed by atoms with Crippen LogP contribution in [0.15, 0.2) is 34.4 Å². The average molecular weight is 355 g/mol. The number of hydrogen-bond acceptors (Lipinski definition) is 5. The molecule has 3 rings (SSSR count). The highest BCUT2D eigenvalue weighted by Crippen LogP contribution is 2.24. The standard InChI is InChI=1S/C18H17N3O3S/c1-10-4-6-13(7-5-10)14-9-25-18(19-14)21-17(24)16(12(3)20-21)15(23)8-11(2)22/h4-7,9,20H,8H2,1-3H3. The number of carbonyl (C=O) groups is 2. The van der Waals surface area contributed by atoms with E-state index in [9.17, 15) is 14.4 Å². The van der Waals surface area contributed by atoms with Crippen molar-refractivity contribution in [3.8, 4) is 16.4 Å². The minimum absolute atomic E-state index is 0.0160. The number of aromatic nitrogens is 3. The number of nitrogens with one attached hydrogen (secondary N) is 1. The average Bonchev–Trinajstić information content (AvgIpc) is 3.12. The Morgan fingerprint density at radius 1 is 1.20 bits per heavy atom. The van der Waals surface area contributed by atoms with Crippen molar-refractivity contribution in [2.24, 2.45) is 0 Å². The number of aryl methyl sites for hydroxylation is 2. The maximum atomic E-state index is 12.6. The van der Waals surface area contributed by atoms with Gasteiger partial charge >= 0.3 is 0 Å². The molecule has 0 spiro atoms. The van der Waals surface area contributed by atoms with Gasteiger partial charge in [0, 0.05) is 16.6 Å². The van der Waals surface area contributed by atoms with Crippen molar-refractivity contribution in [1.29, 1.82) is 0 Å². The van der Waals surface area contributed by atoms with Crippen LogP contribution >= 0.6 is 11.3 Å². The molecule has 0 radical (unpaired) electrons. The topological polar surface area (TPSA) is 84.8 Å². The molecule has 2 aromatic heterocycles. The molecular weight excluding hydrogens is 338 g/mol. The summed E-state index contributed by atoms with van der Waals surface area (Å²) in [5.74, 6) is -0.743. The van der Waals surface area contributed by atoms with Gasteiger partial charge in [-0.2, -0.15) is 4.68 Å². The van der Waals surface area contributed by atoms with E-state index in [2.05, 4.69) is 10.1 Å². The normalized spacial score (nSPS) is 10.8. The predicted octanol–water partition coefficient (Wildman–Crippen LogP) is 3.07. The highest BCUT2D eigenvalue weighted by Gasteiger charge is 2.21. The van der Waals surface area contributed by atoms with Crippen LogP contribution in [0, 0.1) is 13.8 Å². The molecule has 128 valence electrons. The van der Waals surface area contributed by atoms with Crippen LogP contribution in [0.2, 0.25) is 0 Å². The smallest absolute Gasteiger partial charge is 0.284 e. The quantitative estimate of drug-likeness (QED) is 0.563. The largest absolute Gasteiger partial charge is 0.300 e. The van der Waals surface area contributed by atoms with E-state index in [4.69, 9.17) is 0 Å². The second kappa shape index (κ2) is 6.60. The molecule has 0 aliphatic rings. The Balaban J connectivity index is 1.98. The number of nitrogens with zero attached hydrogens (tertiary/aromatic N) is 2. The summed E-state index contributed by atoms with van der Waals surface area (Å²) in [5, 5.41) is 5.19. The molecule has 0 amide bonds. The van der Waals surface area contributed by atoms with Crippen LogP contribution in [0.1, 0.15) is 35.0 Å². The molecule has 0 aliphatic heterocycles. The summed E-state index contributed by atoms with van der Waals surface area (Å²) in [5.41, 5.74) is 2.84. The third-order valence-electron chi connectivity index (χ3n) is 3.79. The van der Waals surface area contributed by atoms with Gasteiger partial charge in [-0.3, -0.25) is 19.5 Å². The van der Waals surface area contributed by atoms with Crippen LogP contribution in [0.3, 0.4) is 0 Å². The summed E-state index contributed by atoms with van der Waals surface area (Å²) in [4.78, 5) is 40.3. The summed E-state index contributed by atoms with van der Waals surface area (Å²) >= 11 is 1.31. The first-order chi connectivity index (χ1) is 11.9. The van der Waals surface area contributed by atoms with Crippen molar-refractivity contribution in [2.75, 3.05) is 0 Å². The Morgan fingerprint density at radius 2 is 1.88 bits per heavy atom. The third kappa shape index (κ3) is 3.36. The first kappa shape index (κ1) is 17.0. The molecule has 1 N–H and O–H groups in total. The maximum absolute atomic E-state index is 12.6. The summed E-state index contributed by atoms with van der Waals surface area (Å²) < 4.78 is 1.26. The zero-order chi connectivity index (χ0) is 18.1. The molecule has 6 nitrogen and oxygen atoms in total. The molecule has 0 saturated carbocycles. The van der Waals surface area contributed by atoms with E-state index < -0.39 is 11.3 Å². The molecule has 2 heterocycles. The number of aromatic amines is 1. The Morgan fingerprint density at radius 3 is 2.52 bits per heavy atom. The molecule has 0 unspecified atom stereocenters. The van der Waals surface area contributed by atoms with Crippen molar-refractivity contribution in [3.63, 3.8) is 0 Å². The fourth-order valence-electron chi connectivity index (χ4n) is 2.55. The van der Waals surface area contributed by atoms with Crippen LogP contribution in [-0.4, -0.2) is 26.3 Å². The van der Waals surface area contributed by atoms with Gasteiger partial charge in [-0.15, -0.1) is 11.3 Å². The molecule has 1 aromatic carbocycles. The fourth-order valence-corrected chi connectivity index (χ4v) is 3.34. The SMILES string of the molecule is CC(=O)CC(=O)c1c(C)[nH]n(-c2nc(-c3ccc(C)cc3)cs2)c1=O. The summed E-state index contributed by atoms with van der Waals surface area (Å²) in [6, 6.07) is 7.94. The van der Waals surface area contributed by atoms with Crippen molar-refractivity contribution < 1.29 is 9.59 Å². The van der Waals surface area contributed by atoms with Crippen molar-refractivity contribution >= 4 is 22.9 Å². The van der Waals surface area contributed by atoms with Crippen molar-refractivity contribution in [1.82, 2.24) is 14.8 Å². The first-order valence-electron chi connectivity index (χ1n) is 7.74. The number of hydrogen-bond donors (Lipinski definition) is 1. The van der Waals surface area contributed by atoms with E-state index in [-0.39, 0.29) is 17.8 Å². The molecule has 0 fully saturated rings. The number of benzene rings is 1. The summed E-state index contributed by atoms with van der Waals surface area (Å²) in [6.45, 7) is 4.98. The van der Waals surface area contributed by atoms with E-state index >= 15 is 0 Å². The molecule has 0 bridgehead atoms. The van der Waals surface area contributed by atoms with Gasteiger partial charge in [-0.05, 0) is 20.8 Å². The number of carbonyl (C=O) groups excluding carboxylic acids is 2. The van der Waals surface area contributed by atoms with Crippen LogP contribution in [0.5, 0.6) is 0 Å². The van der Waals surface area contributed by atoms with E-state index in [0.29, 0.717) is 10.8 Å². The number of ketones is 2. The zero-order valence-corrected chi connectivity index (χ0v) is 14.9. The van der Waals surface area contributed by atoms with Gasteiger partial charge in [0.15, 0.2) is 5.78 Å². The van der Waals surface area contributed by atoms with E-state index in [1.807, 2.05) is 36.6 Å². The third-order valence-corrected chi connectivity index (χ3v) is 4.62. The zero-order valence-electron chi connectivity index (χ0n) is 14.1. The van der Waals surface area contributed by atoms with E-state index in [0.717, 1.165) is 16.8 Å². The number of rotatable bonds is 5. The van der Waals surface area contributed by atoms with Crippen LogP contribution in [0.25, 0.3) is 16.4 Å². The summed E-state index contributed by atoms with van der Waals surface area (Å²) in [7, 11) is 0. The minimum atomic E-state index is -0.478. The molecule has 0 aliphatic carbocycles. The van der Waals surface area contributed by atoms with E-state index in [1.54, 1.807) is 6.92 Å². The highest BCUT2D eigenvalue weighted by molar-refractivity contribution is 7.12. The van der Waals surface area contributed by atoms with Crippen molar-refractivity contribution in [3.05, 3.63) is 56.8 Å². The predicted molar refractivity (Wildman–Crippen MR) is 96.6 cm³/mol. The first-order valence-corrected chi connectivity index (χ1v) is 8.62. The lowest BCUT2D eigenvalue weighted by Crippen LogP contribution is -2.21.